The van der Waals surface area contributed by atoms with Crippen LogP contribution in [0, 0.1) is 5.41 Å². The smallest absolute Gasteiger partial charge is 0.228 e. The van der Waals surface area contributed by atoms with Crippen LogP contribution < -0.4 is 10.6 Å². The van der Waals surface area contributed by atoms with Crippen LogP contribution in [0.25, 0.3) is 0 Å². The van der Waals surface area contributed by atoms with Crippen LogP contribution in [0.2, 0.25) is 0 Å². The van der Waals surface area contributed by atoms with Crippen molar-refractivity contribution in [2.24, 2.45) is 5.41 Å². The second-order valence-corrected chi connectivity index (χ2v) is 6.26. The van der Waals surface area contributed by atoms with Crippen molar-refractivity contribution in [2.45, 2.75) is 25.8 Å². The number of amides is 1. The SMILES string of the molecule is CCC1(C(=O)NC(CN(C)C)c2ccccc2)CCNC1. The number of hydrogen-bond donors (Lipinski definition) is 2. The molecule has 2 N–H and O–H groups in total. The lowest BCUT2D eigenvalue weighted by atomic mass is 9.83. The Morgan fingerprint density at radius 2 is 2.10 bits per heavy atom. The second-order valence-electron chi connectivity index (χ2n) is 6.26. The number of nitrogens with one attached hydrogen (secondary N) is 2. The van der Waals surface area contributed by atoms with E-state index in [0.717, 1.165) is 38.0 Å². The first-order valence-corrected chi connectivity index (χ1v) is 7.79. The van der Waals surface area contributed by atoms with Crippen molar-refractivity contribution in [2.75, 3.05) is 33.7 Å². The van der Waals surface area contributed by atoms with Gasteiger partial charge in [-0.05, 0) is 39.0 Å². The van der Waals surface area contributed by atoms with Crippen LogP contribution in [0.1, 0.15) is 31.4 Å². The van der Waals surface area contributed by atoms with Gasteiger partial charge in [0, 0.05) is 13.1 Å². The maximum absolute atomic E-state index is 12.8. The van der Waals surface area contributed by atoms with Crippen molar-refractivity contribution in [3.63, 3.8) is 0 Å². The van der Waals surface area contributed by atoms with Gasteiger partial charge in [-0.3, -0.25) is 4.79 Å². The molecular formula is C17H27N3O. The third-order valence-electron chi connectivity index (χ3n) is 4.46. The summed E-state index contributed by atoms with van der Waals surface area (Å²) in [7, 11) is 4.07. The normalized spacial score (nSPS) is 23.2. The predicted octanol–water partition coefficient (Wildman–Crippen LogP) is 1.80. The Hall–Kier alpha value is -1.39. The first kappa shape index (κ1) is 16.0. The summed E-state index contributed by atoms with van der Waals surface area (Å²) < 4.78 is 0. The molecule has 1 aliphatic rings. The van der Waals surface area contributed by atoms with E-state index >= 15 is 0 Å². The van der Waals surface area contributed by atoms with E-state index in [1.165, 1.54) is 0 Å². The van der Waals surface area contributed by atoms with Gasteiger partial charge in [0.1, 0.15) is 0 Å². The van der Waals surface area contributed by atoms with Gasteiger partial charge in [-0.1, -0.05) is 37.3 Å². The molecule has 0 bridgehead atoms. The van der Waals surface area contributed by atoms with E-state index in [0.29, 0.717) is 0 Å². The lowest BCUT2D eigenvalue weighted by Crippen LogP contribution is -2.45. The topological polar surface area (TPSA) is 44.4 Å². The van der Waals surface area contributed by atoms with E-state index < -0.39 is 0 Å². The molecule has 1 aromatic rings. The van der Waals surface area contributed by atoms with E-state index in [2.05, 4.69) is 34.6 Å². The minimum absolute atomic E-state index is 0.0396. The molecule has 4 nitrogen and oxygen atoms in total. The molecule has 0 aromatic heterocycles. The molecule has 116 valence electrons. The average molecular weight is 289 g/mol. The van der Waals surface area contributed by atoms with Crippen LogP contribution >= 0.6 is 0 Å². The maximum Gasteiger partial charge on any atom is 0.228 e. The number of carbonyl (C=O) groups is 1. The van der Waals surface area contributed by atoms with Crippen molar-refractivity contribution in [1.82, 2.24) is 15.5 Å². The molecule has 1 fully saturated rings. The van der Waals surface area contributed by atoms with Gasteiger partial charge in [0.15, 0.2) is 0 Å². The molecule has 0 saturated carbocycles. The largest absolute Gasteiger partial charge is 0.347 e. The first-order chi connectivity index (χ1) is 10.1. The molecular weight excluding hydrogens is 262 g/mol. The zero-order valence-electron chi connectivity index (χ0n) is 13.4. The summed E-state index contributed by atoms with van der Waals surface area (Å²) in [6.45, 7) is 4.64. The Kier molecular flexibility index (Phi) is 5.37. The number of hydrogen-bond acceptors (Lipinski definition) is 3. The highest BCUT2D eigenvalue weighted by atomic mass is 16.2. The molecule has 4 heteroatoms. The lowest BCUT2D eigenvalue weighted by Gasteiger charge is -2.30. The van der Waals surface area contributed by atoms with Gasteiger partial charge in [0.2, 0.25) is 5.91 Å². The summed E-state index contributed by atoms with van der Waals surface area (Å²) >= 11 is 0. The van der Waals surface area contributed by atoms with Gasteiger partial charge in [-0.25, -0.2) is 0 Å². The van der Waals surface area contributed by atoms with Gasteiger partial charge >= 0.3 is 0 Å². The fourth-order valence-corrected chi connectivity index (χ4v) is 3.00. The minimum Gasteiger partial charge on any atom is -0.347 e. The summed E-state index contributed by atoms with van der Waals surface area (Å²) in [5, 5.41) is 6.61. The highest BCUT2D eigenvalue weighted by Crippen LogP contribution is 2.30. The molecule has 1 aromatic carbocycles. The lowest BCUT2D eigenvalue weighted by molar-refractivity contribution is -0.131. The quantitative estimate of drug-likeness (QED) is 0.839. The van der Waals surface area contributed by atoms with Crippen molar-refractivity contribution in [1.29, 1.82) is 0 Å². The standard InChI is InChI=1S/C17H27N3O/c1-4-17(10-11-18-13-17)16(21)19-15(12-20(2)3)14-8-6-5-7-9-14/h5-9,15,18H,4,10-13H2,1-3H3,(H,19,21). The van der Waals surface area contributed by atoms with Crippen LogP contribution in [-0.2, 0) is 4.79 Å². The van der Waals surface area contributed by atoms with E-state index in [1.807, 2.05) is 32.3 Å². The van der Waals surface area contributed by atoms with Gasteiger partial charge in [0.05, 0.1) is 11.5 Å². The minimum atomic E-state index is -0.237. The van der Waals surface area contributed by atoms with E-state index in [9.17, 15) is 4.79 Å². The van der Waals surface area contributed by atoms with Gasteiger partial charge in [0.25, 0.3) is 0 Å². The molecule has 21 heavy (non-hydrogen) atoms. The summed E-state index contributed by atoms with van der Waals surface area (Å²) in [5.74, 6) is 0.186. The molecule has 2 unspecified atom stereocenters. The number of nitrogens with zero attached hydrogens (tertiary/aromatic N) is 1. The second kappa shape index (κ2) is 7.05. The third kappa shape index (κ3) is 3.83. The predicted molar refractivity (Wildman–Crippen MR) is 86.1 cm³/mol. The zero-order valence-corrected chi connectivity index (χ0v) is 13.4. The molecule has 1 heterocycles. The van der Waals surface area contributed by atoms with Crippen molar-refractivity contribution in [3.8, 4) is 0 Å². The van der Waals surface area contributed by atoms with Crippen LogP contribution in [-0.4, -0.2) is 44.5 Å². The monoisotopic (exact) mass is 289 g/mol. The number of likely N-dealkylation sites (N-methyl/N-ethyl adjacent to an activating group) is 1. The fourth-order valence-electron chi connectivity index (χ4n) is 3.00. The highest BCUT2D eigenvalue weighted by Gasteiger charge is 2.40. The summed E-state index contributed by atoms with van der Waals surface area (Å²) in [6.07, 6.45) is 1.81. The molecule has 1 aliphatic heterocycles. The Balaban J connectivity index is 2.13. The first-order valence-electron chi connectivity index (χ1n) is 7.79. The fraction of sp³-hybridized carbons (Fsp3) is 0.588. The molecule has 1 amide bonds. The summed E-state index contributed by atoms with van der Waals surface area (Å²) in [5.41, 5.74) is 0.927. The van der Waals surface area contributed by atoms with Crippen molar-refractivity contribution < 1.29 is 4.79 Å². The Labute approximate surface area is 127 Å². The average Bonchev–Trinajstić information content (AvgIpc) is 2.97. The molecule has 1 saturated heterocycles. The van der Waals surface area contributed by atoms with E-state index in [-0.39, 0.29) is 17.4 Å². The molecule has 0 spiro atoms. The van der Waals surface area contributed by atoms with Crippen LogP contribution in [0.3, 0.4) is 0 Å². The number of benzene rings is 1. The molecule has 2 atom stereocenters. The van der Waals surface area contributed by atoms with Crippen LogP contribution in [0.15, 0.2) is 30.3 Å². The van der Waals surface area contributed by atoms with E-state index in [4.69, 9.17) is 0 Å². The molecule has 0 radical (unpaired) electrons. The van der Waals surface area contributed by atoms with Crippen LogP contribution in [0.4, 0.5) is 0 Å². The summed E-state index contributed by atoms with van der Waals surface area (Å²) in [4.78, 5) is 14.9. The van der Waals surface area contributed by atoms with Gasteiger partial charge in [-0.15, -0.1) is 0 Å². The van der Waals surface area contributed by atoms with E-state index in [1.54, 1.807) is 0 Å². The Morgan fingerprint density at radius 3 is 2.62 bits per heavy atom. The van der Waals surface area contributed by atoms with Crippen LogP contribution in [0.5, 0.6) is 0 Å². The summed E-state index contributed by atoms with van der Waals surface area (Å²) in [6, 6.07) is 10.3. The maximum atomic E-state index is 12.8. The van der Waals surface area contributed by atoms with Crippen molar-refractivity contribution in [3.05, 3.63) is 35.9 Å². The molecule has 0 aliphatic carbocycles. The van der Waals surface area contributed by atoms with Gasteiger partial charge < -0.3 is 15.5 Å². The number of rotatable bonds is 6. The van der Waals surface area contributed by atoms with Gasteiger partial charge in [-0.2, -0.15) is 0 Å². The Bertz CT molecular complexity index is 452. The Morgan fingerprint density at radius 1 is 1.38 bits per heavy atom. The third-order valence-corrected chi connectivity index (χ3v) is 4.46. The van der Waals surface area contributed by atoms with Crippen molar-refractivity contribution >= 4 is 5.91 Å². The zero-order chi connectivity index (χ0) is 15.3. The highest BCUT2D eigenvalue weighted by molar-refractivity contribution is 5.83. The molecule has 2 rings (SSSR count). The number of carbonyl (C=O) groups excluding carboxylic acids is 1.